The van der Waals surface area contributed by atoms with Gasteiger partial charge in [-0.3, -0.25) is 9.89 Å². The molecular weight excluding hydrogens is 376 g/mol. The van der Waals surface area contributed by atoms with E-state index >= 15 is 0 Å². The van der Waals surface area contributed by atoms with Gasteiger partial charge in [-0.1, -0.05) is 121 Å². The molecule has 2 heterocycles. The fraction of sp³-hybridized carbons (Fsp3) is 0.138. The van der Waals surface area contributed by atoms with Gasteiger partial charge >= 0.3 is 0 Å². The van der Waals surface area contributed by atoms with Crippen LogP contribution in [0.3, 0.4) is 0 Å². The highest BCUT2D eigenvalue weighted by Crippen LogP contribution is 2.58. The molecule has 2 nitrogen and oxygen atoms in total. The van der Waals surface area contributed by atoms with E-state index in [2.05, 4.69) is 126 Å². The molecule has 0 amide bonds. The van der Waals surface area contributed by atoms with Crippen LogP contribution in [0.1, 0.15) is 40.4 Å². The molecule has 0 aliphatic carbocycles. The lowest BCUT2D eigenvalue weighted by atomic mass is 9.91. The van der Waals surface area contributed by atoms with Gasteiger partial charge in [0.2, 0.25) is 0 Å². The first-order valence-corrected chi connectivity index (χ1v) is 11.0. The number of hydrogen-bond acceptors (Lipinski definition) is 2. The van der Waals surface area contributed by atoms with Gasteiger partial charge in [-0.2, -0.15) is 0 Å². The van der Waals surface area contributed by atoms with E-state index in [0.29, 0.717) is 12.1 Å². The van der Waals surface area contributed by atoms with Gasteiger partial charge in [0.1, 0.15) is 0 Å². The fourth-order valence-corrected chi connectivity index (χ4v) is 5.12. The summed E-state index contributed by atoms with van der Waals surface area (Å²) in [4.78, 5) is 8.12. The number of fused-ring (bicyclic) bond motifs is 1. The van der Waals surface area contributed by atoms with Crippen LogP contribution < -0.4 is 0 Å². The SMILES string of the molecule is c1ccc(C2=N[C@@H](c3ccccc3)[C@H](c3ccccc3)N3[C@H]2[C@H]3c2ccccc2)cc1. The van der Waals surface area contributed by atoms with Crippen LogP contribution >= 0.6 is 0 Å². The van der Waals surface area contributed by atoms with Crippen molar-refractivity contribution in [3.8, 4) is 0 Å². The maximum Gasteiger partial charge on any atom is 0.0950 e. The molecule has 0 saturated carbocycles. The molecule has 0 bridgehead atoms. The van der Waals surface area contributed by atoms with E-state index in [9.17, 15) is 0 Å². The van der Waals surface area contributed by atoms with E-state index in [1.807, 2.05) is 0 Å². The quantitative estimate of drug-likeness (QED) is 0.362. The smallest absolute Gasteiger partial charge is 0.0950 e. The van der Waals surface area contributed by atoms with Crippen LogP contribution in [0, 0.1) is 0 Å². The van der Waals surface area contributed by atoms with Crippen LogP contribution in [-0.4, -0.2) is 16.7 Å². The molecule has 6 rings (SSSR count). The van der Waals surface area contributed by atoms with Crippen molar-refractivity contribution in [2.24, 2.45) is 4.99 Å². The van der Waals surface area contributed by atoms with Crippen molar-refractivity contribution >= 4 is 5.71 Å². The summed E-state index contributed by atoms with van der Waals surface area (Å²) < 4.78 is 0. The maximum absolute atomic E-state index is 5.45. The van der Waals surface area contributed by atoms with Crippen LogP contribution in [-0.2, 0) is 0 Å². The molecule has 150 valence electrons. The first kappa shape index (κ1) is 18.3. The summed E-state index contributed by atoms with van der Waals surface area (Å²) in [5.74, 6) is 0. The summed E-state index contributed by atoms with van der Waals surface area (Å²) in [6, 6.07) is 44.2. The third-order valence-corrected chi connectivity index (χ3v) is 6.52. The normalized spacial score (nSPS) is 26.6. The molecule has 4 aromatic carbocycles. The molecule has 1 fully saturated rings. The molecule has 4 aromatic rings. The average molecular weight is 401 g/mol. The van der Waals surface area contributed by atoms with E-state index < -0.39 is 0 Å². The summed E-state index contributed by atoms with van der Waals surface area (Å²) in [7, 11) is 0. The molecule has 1 saturated heterocycles. The topological polar surface area (TPSA) is 15.4 Å². The van der Waals surface area contributed by atoms with Gasteiger partial charge < -0.3 is 0 Å². The van der Waals surface area contributed by atoms with Crippen LogP contribution in [0.15, 0.2) is 126 Å². The van der Waals surface area contributed by atoms with Crippen LogP contribution in [0.4, 0.5) is 0 Å². The minimum Gasteiger partial charge on any atom is -0.277 e. The Hall–Kier alpha value is -3.49. The zero-order valence-corrected chi connectivity index (χ0v) is 17.3. The molecule has 2 aliphatic heterocycles. The van der Waals surface area contributed by atoms with Gasteiger partial charge in [0.05, 0.1) is 29.9 Å². The zero-order chi connectivity index (χ0) is 20.6. The van der Waals surface area contributed by atoms with Crippen molar-refractivity contribution in [3.05, 3.63) is 144 Å². The van der Waals surface area contributed by atoms with E-state index in [0.717, 1.165) is 0 Å². The number of benzene rings is 4. The summed E-state index contributed by atoms with van der Waals surface area (Å²) in [5, 5.41) is 0. The highest BCUT2D eigenvalue weighted by Gasteiger charge is 2.59. The van der Waals surface area contributed by atoms with Crippen molar-refractivity contribution < 1.29 is 0 Å². The van der Waals surface area contributed by atoms with Crippen LogP contribution in [0.2, 0.25) is 0 Å². The van der Waals surface area contributed by atoms with Gasteiger partial charge in [-0.05, 0) is 22.3 Å². The summed E-state index contributed by atoms with van der Waals surface area (Å²) in [6.45, 7) is 0. The number of hydrogen-bond donors (Lipinski definition) is 0. The molecule has 2 aliphatic rings. The largest absolute Gasteiger partial charge is 0.277 e. The van der Waals surface area contributed by atoms with E-state index in [1.54, 1.807) is 0 Å². The lowest BCUT2D eigenvalue weighted by molar-refractivity contribution is 0.311. The molecule has 5 atom stereocenters. The van der Waals surface area contributed by atoms with Crippen LogP contribution in [0.25, 0.3) is 0 Å². The number of nitrogens with zero attached hydrogens (tertiary/aromatic N) is 2. The van der Waals surface area contributed by atoms with Gasteiger partial charge in [0, 0.05) is 0 Å². The Labute approximate surface area is 183 Å². The molecule has 0 radical (unpaired) electrons. The van der Waals surface area contributed by atoms with Crippen LogP contribution in [0.5, 0.6) is 0 Å². The van der Waals surface area contributed by atoms with E-state index in [4.69, 9.17) is 4.99 Å². The maximum atomic E-state index is 5.45. The van der Waals surface area contributed by atoms with Crippen molar-refractivity contribution in [3.63, 3.8) is 0 Å². The second-order valence-electron chi connectivity index (χ2n) is 8.34. The van der Waals surface area contributed by atoms with Gasteiger partial charge in [-0.25, -0.2) is 0 Å². The molecule has 2 heteroatoms. The lowest BCUT2D eigenvalue weighted by Crippen LogP contribution is -2.29. The van der Waals surface area contributed by atoms with Gasteiger partial charge in [0.25, 0.3) is 0 Å². The highest BCUT2D eigenvalue weighted by atomic mass is 15.4. The summed E-state index contributed by atoms with van der Waals surface area (Å²) in [6.07, 6.45) is 0. The number of aliphatic imine (C=N–C) groups is 1. The highest BCUT2D eigenvalue weighted by molar-refractivity contribution is 6.07. The molecule has 31 heavy (non-hydrogen) atoms. The third kappa shape index (κ3) is 3.20. The summed E-state index contributed by atoms with van der Waals surface area (Å²) >= 11 is 0. The molecule has 0 N–H and O–H groups in total. The molecule has 1 unspecified atom stereocenters. The second-order valence-corrected chi connectivity index (χ2v) is 8.34. The number of rotatable bonds is 4. The first-order valence-electron chi connectivity index (χ1n) is 11.0. The Morgan fingerprint density at radius 1 is 0.452 bits per heavy atom. The summed E-state index contributed by atoms with van der Waals surface area (Å²) in [5.41, 5.74) is 6.39. The second kappa shape index (κ2) is 7.64. The predicted molar refractivity (Wildman–Crippen MR) is 126 cm³/mol. The van der Waals surface area contributed by atoms with Gasteiger partial charge in [0.15, 0.2) is 0 Å². The monoisotopic (exact) mass is 400 g/mol. The minimum atomic E-state index is 0.0590. The Balaban J connectivity index is 1.54. The van der Waals surface area contributed by atoms with Crippen molar-refractivity contribution in [1.29, 1.82) is 0 Å². The van der Waals surface area contributed by atoms with E-state index in [-0.39, 0.29) is 12.1 Å². The van der Waals surface area contributed by atoms with Crippen molar-refractivity contribution in [2.45, 2.75) is 24.2 Å². The average Bonchev–Trinajstić information content (AvgIpc) is 3.61. The predicted octanol–water partition coefficient (Wildman–Crippen LogP) is 6.40. The fourth-order valence-electron chi connectivity index (χ4n) is 5.12. The van der Waals surface area contributed by atoms with E-state index in [1.165, 1.54) is 28.0 Å². The van der Waals surface area contributed by atoms with Crippen molar-refractivity contribution in [2.75, 3.05) is 0 Å². The third-order valence-electron chi connectivity index (χ3n) is 6.52. The Bertz CT molecular complexity index is 1190. The minimum absolute atomic E-state index is 0.0590. The first-order chi connectivity index (χ1) is 15.4. The Kier molecular flexibility index (Phi) is 4.51. The molecule has 0 spiro atoms. The Morgan fingerprint density at radius 2 is 0.903 bits per heavy atom. The molecule has 0 aromatic heterocycles. The van der Waals surface area contributed by atoms with Crippen molar-refractivity contribution in [1.82, 2.24) is 4.90 Å². The zero-order valence-electron chi connectivity index (χ0n) is 17.3. The Morgan fingerprint density at radius 3 is 1.45 bits per heavy atom. The molecular formula is C29H24N2. The van der Waals surface area contributed by atoms with Gasteiger partial charge in [-0.15, -0.1) is 0 Å². The lowest BCUT2D eigenvalue weighted by Gasteiger charge is -2.32. The standard InChI is InChI=1S/C29H24N2/c1-5-13-21(14-6-1)25-27(23-17-9-3-10-18-23)31-28(24-19-11-4-12-20-24)29(31)26(30-25)22-15-7-2-8-16-22/h1-20,25,27-29H/t25-,27-,28+,29+,31?/m0/s1.